The molecule has 0 atom stereocenters. The Morgan fingerprint density at radius 3 is 2.50 bits per heavy atom. The molecule has 0 bridgehead atoms. The van der Waals surface area contributed by atoms with Gasteiger partial charge in [0.15, 0.2) is 0 Å². The van der Waals surface area contributed by atoms with Crippen LogP contribution in [-0.4, -0.2) is 26.3 Å². The van der Waals surface area contributed by atoms with Crippen LogP contribution in [0.4, 0.5) is 5.69 Å². The van der Waals surface area contributed by atoms with Gasteiger partial charge in [0.1, 0.15) is 0 Å². The third-order valence-corrected chi connectivity index (χ3v) is 6.10. The highest BCUT2D eigenvalue weighted by Crippen LogP contribution is 2.58. The lowest BCUT2D eigenvalue weighted by Gasteiger charge is -2.21. The van der Waals surface area contributed by atoms with Crippen molar-refractivity contribution in [2.75, 3.05) is 31.6 Å². The van der Waals surface area contributed by atoms with Crippen LogP contribution in [0.1, 0.15) is 26.3 Å². The fraction of sp³-hybridized carbons (Fsp3) is 0.467. The van der Waals surface area contributed by atoms with Crippen LogP contribution in [0, 0.1) is 0 Å². The summed E-state index contributed by atoms with van der Waals surface area (Å²) in [5.41, 5.74) is 2.78. The lowest BCUT2D eigenvalue weighted by Crippen LogP contribution is -2.18. The molecule has 1 heterocycles. The maximum Gasteiger partial charge on any atom is 0.359 e. The molecule has 1 aliphatic heterocycles. The van der Waals surface area contributed by atoms with Gasteiger partial charge in [-0.2, -0.15) is 0 Å². The van der Waals surface area contributed by atoms with Crippen LogP contribution in [0.15, 0.2) is 28.0 Å². The van der Waals surface area contributed by atoms with Crippen molar-refractivity contribution in [3.8, 4) is 0 Å². The number of hydrogen-bond donors (Lipinski definition) is 2. The summed E-state index contributed by atoms with van der Waals surface area (Å²) >= 11 is 3.48. The standard InChI is InChI=1S/C15H22BrN2O3P/c1-4-20-22(19,21-5-2)11(3)15-13-7-6-12(16)10-14(13)17-8-9-18-15/h6-7,10,17-18H,4-5,8-9H2,1-3H3. The molecular formula is C15H22BrN2O3P. The van der Waals surface area contributed by atoms with Gasteiger partial charge >= 0.3 is 7.60 Å². The molecule has 0 saturated carbocycles. The first-order valence-electron chi connectivity index (χ1n) is 7.40. The van der Waals surface area contributed by atoms with E-state index >= 15 is 0 Å². The predicted octanol–water partition coefficient (Wildman–Crippen LogP) is 4.42. The topological polar surface area (TPSA) is 59.6 Å². The van der Waals surface area contributed by atoms with Gasteiger partial charge in [0.25, 0.3) is 0 Å². The van der Waals surface area contributed by atoms with Crippen LogP contribution in [0.3, 0.4) is 0 Å². The van der Waals surface area contributed by atoms with Crippen molar-refractivity contribution in [2.45, 2.75) is 20.8 Å². The molecule has 2 N–H and O–H groups in total. The van der Waals surface area contributed by atoms with Crippen molar-refractivity contribution >= 4 is 34.9 Å². The summed E-state index contributed by atoms with van der Waals surface area (Å²) in [7, 11) is -3.29. The molecule has 0 fully saturated rings. The third-order valence-electron chi connectivity index (χ3n) is 3.36. The van der Waals surface area contributed by atoms with E-state index in [-0.39, 0.29) is 0 Å². The first-order chi connectivity index (χ1) is 10.5. The monoisotopic (exact) mass is 388 g/mol. The normalized spacial score (nSPS) is 17.1. The quantitative estimate of drug-likeness (QED) is 0.731. The zero-order valence-electron chi connectivity index (χ0n) is 13.1. The van der Waals surface area contributed by atoms with Gasteiger partial charge in [-0.05, 0) is 39.0 Å². The number of anilines is 1. The Kier molecular flexibility index (Phi) is 6.09. The minimum atomic E-state index is -3.29. The van der Waals surface area contributed by atoms with Crippen molar-refractivity contribution in [2.24, 2.45) is 0 Å². The van der Waals surface area contributed by atoms with E-state index in [0.29, 0.717) is 18.5 Å². The SMILES string of the molecule is CCOP(=O)(OCC)C(C)=C1NCCNc2cc(Br)ccc21. The third kappa shape index (κ3) is 3.74. The van der Waals surface area contributed by atoms with Gasteiger partial charge in [0.05, 0.1) is 24.2 Å². The van der Waals surface area contributed by atoms with Gasteiger partial charge < -0.3 is 19.7 Å². The van der Waals surface area contributed by atoms with Crippen LogP contribution in [0.25, 0.3) is 5.70 Å². The number of benzene rings is 1. The molecule has 0 saturated heterocycles. The molecule has 7 heteroatoms. The Morgan fingerprint density at radius 2 is 1.86 bits per heavy atom. The molecule has 0 amide bonds. The van der Waals surface area contributed by atoms with Crippen LogP contribution in [0.2, 0.25) is 0 Å². The molecule has 0 unspecified atom stereocenters. The summed E-state index contributed by atoms with van der Waals surface area (Å²) < 4.78 is 25.0. The Hall–Kier alpha value is -0.810. The van der Waals surface area contributed by atoms with Crippen LogP contribution in [0.5, 0.6) is 0 Å². The average molecular weight is 389 g/mol. The fourth-order valence-electron chi connectivity index (χ4n) is 2.39. The molecule has 0 aliphatic carbocycles. The lowest BCUT2D eigenvalue weighted by atomic mass is 10.1. The first-order valence-corrected chi connectivity index (χ1v) is 9.73. The fourth-order valence-corrected chi connectivity index (χ4v) is 4.37. The molecule has 5 nitrogen and oxygen atoms in total. The maximum atomic E-state index is 13.0. The molecule has 0 aromatic heterocycles. The Morgan fingerprint density at radius 1 is 1.23 bits per heavy atom. The highest BCUT2D eigenvalue weighted by molar-refractivity contribution is 9.10. The zero-order chi connectivity index (χ0) is 16.2. The molecule has 0 spiro atoms. The first kappa shape index (κ1) is 17.5. The number of halogens is 1. The Balaban J connectivity index is 2.55. The van der Waals surface area contributed by atoms with Gasteiger partial charge in [0, 0.05) is 28.8 Å². The summed E-state index contributed by atoms with van der Waals surface area (Å²) in [6.45, 7) is 7.64. The molecule has 0 radical (unpaired) electrons. The number of fused-ring (bicyclic) bond motifs is 1. The highest BCUT2D eigenvalue weighted by Gasteiger charge is 2.30. The van der Waals surface area contributed by atoms with E-state index in [1.54, 1.807) is 0 Å². The van der Waals surface area contributed by atoms with Crippen LogP contribution >= 0.6 is 23.5 Å². The van der Waals surface area contributed by atoms with Crippen molar-refractivity contribution in [3.63, 3.8) is 0 Å². The molecule has 22 heavy (non-hydrogen) atoms. The van der Waals surface area contributed by atoms with E-state index < -0.39 is 7.60 Å². The van der Waals surface area contributed by atoms with Gasteiger partial charge in [-0.1, -0.05) is 15.9 Å². The van der Waals surface area contributed by atoms with Crippen LogP contribution in [-0.2, 0) is 13.6 Å². The maximum absolute atomic E-state index is 13.0. The van der Waals surface area contributed by atoms with Crippen molar-refractivity contribution in [3.05, 3.63) is 33.5 Å². The lowest BCUT2D eigenvalue weighted by molar-refractivity contribution is 0.226. The van der Waals surface area contributed by atoms with E-state index in [0.717, 1.165) is 34.5 Å². The average Bonchev–Trinajstić information content (AvgIpc) is 2.68. The summed E-state index contributed by atoms with van der Waals surface area (Å²) in [6, 6.07) is 5.97. The number of rotatable bonds is 5. The molecule has 1 aromatic carbocycles. The van der Waals surface area contributed by atoms with E-state index in [4.69, 9.17) is 9.05 Å². The van der Waals surface area contributed by atoms with Gasteiger partial charge in [0.2, 0.25) is 0 Å². The minimum absolute atomic E-state index is 0.341. The molecule has 1 aliphatic rings. The van der Waals surface area contributed by atoms with Gasteiger partial charge in [-0.15, -0.1) is 0 Å². The Labute approximate surface area is 140 Å². The number of allylic oxidation sites excluding steroid dienone is 1. The Bertz CT molecular complexity index is 609. The predicted molar refractivity (Wildman–Crippen MR) is 94.1 cm³/mol. The summed E-state index contributed by atoms with van der Waals surface area (Å²) in [6.07, 6.45) is 0. The van der Waals surface area contributed by atoms with Crippen molar-refractivity contribution in [1.29, 1.82) is 0 Å². The van der Waals surface area contributed by atoms with Crippen LogP contribution < -0.4 is 10.6 Å². The second kappa shape index (κ2) is 7.64. The minimum Gasteiger partial charge on any atom is -0.383 e. The second-order valence-corrected chi connectivity index (χ2v) is 7.93. The van der Waals surface area contributed by atoms with Crippen molar-refractivity contribution < 1.29 is 13.6 Å². The summed E-state index contributed by atoms with van der Waals surface area (Å²) in [5.74, 6) is 0. The number of nitrogens with one attached hydrogen (secondary N) is 2. The molecular weight excluding hydrogens is 367 g/mol. The van der Waals surface area contributed by atoms with Gasteiger partial charge in [-0.3, -0.25) is 4.57 Å². The smallest absolute Gasteiger partial charge is 0.359 e. The van der Waals surface area contributed by atoms with Crippen molar-refractivity contribution in [1.82, 2.24) is 5.32 Å². The van der Waals surface area contributed by atoms with E-state index in [1.165, 1.54) is 0 Å². The summed E-state index contributed by atoms with van der Waals surface area (Å²) in [5, 5.41) is 7.33. The van der Waals surface area contributed by atoms with Gasteiger partial charge in [-0.25, -0.2) is 0 Å². The van der Waals surface area contributed by atoms with E-state index in [9.17, 15) is 4.57 Å². The largest absolute Gasteiger partial charge is 0.383 e. The zero-order valence-corrected chi connectivity index (χ0v) is 15.6. The number of hydrogen-bond acceptors (Lipinski definition) is 5. The second-order valence-electron chi connectivity index (χ2n) is 4.84. The van der Waals surface area contributed by atoms with E-state index in [1.807, 2.05) is 39.0 Å². The molecule has 1 aromatic rings. The molecule has 2 rings (SSSR count). The highest BCUT2D eigenvalue weighted by atomic mass is 79.9. The summed E-state index contributed by atoms with van der Waals surface area (Å²) in [4.78, 5) is 0. The molecule has 122 valence electrons. The van der Waals surface area contributed by atoms with E-state index in [2.05, 4.69) is 26.6 Å².